The summed E-state index contributed by atoms with van der Waals surface area (Å²) in [5, 5.41) is 4.18. The maximum atomic E-state index is 13.7. The van der Waals surface area contributed by atoms with E-state index in [0.29, 0.717) is 30.7 Å². The molecule has 0 saturated carbocycles. The summed E-state index contributed by atoms with van der Waals surface area (Å²) < 4.78 is 5.18. The summed E-state index contributed by atoms with van der Waals surface area (Å²) in [6.07, 6.45) is -0.0686. The molecular formula is C28H34N4O6. The Morgan fingerprint density at radius 1 is 1.05 bits per heavy atom. The fourth-order valence-electron chi connectivity index (χ4n) is 4.92. The molecule has 2 aliphatic rings. The lowest BCUT2D eigenvalue weighted by atomic mass is 10.0. The number of hydrogen-bond acceptors (Lipinski definition) is 8. The van der Waals surface area contributed by atoms with Crippen LogP contribution in [-0.2, 0) is 14.4 Å². The number of carbonyl (C=O) groups is 4. The SMILES string of the molecule is CC(C)CC(NC(=O)c1ccc(N(C)C)cc1)C(=O)N1CCC2C1C(=O)CN2OC(=O)Oc1ccccc1. The van der Waals surface area contributed by atoms with Crippen LogP contribution in [0.4, 0.5) is 10.5 Å². The van der Waals surface area contributed by atoms with Crippen LogP contribution in [0.2, 0.25) is 0 Å². The molecule has 2 aliphatic heterocycles. The smallest absolute Gasteiger partial charge is 0.394 e. The van der Waals surface area contributed by atoms with E-state index in [1.54, 1.807) is 42.5 Å². The van der Waals surface area contributed by atoms with Crippen LogP contribution in [0.25, 0.3) is 0 Å². The predicted octanol–water partition coefficient (Wildman–Crippen LogP) is 2.88. The van der Waals surface area contributed by atoms with Gasteiger partial charge in [-0.1, -0.05) is 32.0 Å². The lowest BCUT2D eigenvalue weighted by Crippen LogP contribution is -2.52. The molecule has 2 amide bonds. The average molecular weight is 523 g/mol. The lowest BCUT2D eigenvalue weighted by Gasteiger charge is -2.29. The molecule has 2 aromatic rings. The summed E-state index contributed by atoms with van der Waals surface area (Å²) in [4.78, 5) is 60.7. The van der Waals surface area contributed by atoms with Crippen LogP contribution in [0.15, 0.2) is 54.6 Å². The number of carbonyl (C=O) groups excluding carboxylic acids is 4. The number of para-hydroxylation sites is 1. The maximum absolute atomic E-state index is 13.7. The summed E-state index contributed by atoms with van der Waals surface area (Å²) in [5.74, 6) is -0.428. The highest BCUT2D eigenvalue weighted by Crippen LogP contribution is 2.31. The summed E-state index contributed by atoms with van der Waals surface area (Å²) in [6, 6.07) is 13.6. The molecule has 2 heterocycles. The second-order valence-corrected chi connectivity index (χ2v) is 10.2. The van der Waals surface area contributed by atoms with Crippen LogP contribution >= 0.6 is 0 Å². The Kier molecular flexibility index (Phi) is 8.31. The number of ether oxygens (including phenoxy) is 1. The molecule has 38 heavy (non-hydrogen) atoms. The van der Waals surface area contributed by atoms with Crippen LogP contribution < -0.4 is 15.0 Å². The molecule has 0 aliphatic carbocycles. The zero-order valence-electron chi connectivity index (χ0n) is 22.1. The van der Waals surface area contributed by atoms with Gasteiger partial charge in [0.2, 0.25) is 5.91 Å². The van der Waals surface area contributed by atoms with Crippen molar-refractivity contribution < 1.29 is 28.8 Å². The number of likely N-dealkylation sites (tertiary alicyclic amines) is 1. The van der Waals surface area contributed by atoms with Crippen molar-refractivity contribution in [3.63, 3.8) is 0 Å². The molecule has 3 atom stereocenters. The van der Waals surface area contributed by atoms with Crippen LogP contribution in [-0.4, -0.2) is 79.0 Å². The molecule has 10 nitrogen and oxygen atoms in total. The fraction of sp³-hybridized carbons (Fsp3) is 0.429. The second-order valence-electron chi connectivity index (χ2n) is 10.2. The Labute approximate surface area is 222 Å². The van der Waals surface area contributed by atoms with Crippen LogP contribution in [0.5, 0.6) is 5.75 Å². The van der Waals surface area contributed by atoms with Gasteiger partial charge in [0, 0.05) is 31.9 Å². The quantitative estimate of drug-likeness (QED) is 0.417. The van der Waals surface area contributed by atoms with Gasteiger partial charge in [-0.05, 0) is 55.2 Å². The van der Waals surface area contributed by atoms with Crippen molar-refractivity contribution in [2.24, 2.45) is 5.92 Å². The first kappa shape index (κ1) is 27.1. The first-order valence-corrected chi connectivity index (χ1v) is 12.8. The van der Waals surface area contributed by atoms with E-state index in [-0.39, 0.29) is 30.1 Å². The van der Waals surface area contributed by atoms with Crippen molar-refractivity contribution in [2.75, 3.05) is 32.1 Å². The number of nitrogens with zero attached hydrogens (tertiary/aromatic N) is 3. The summed E-state index contributed by atoms with van der Waals surface area (Å²) >= 11 is 0. The number of fused-ring (bicyclic) bond motifs is 1. The number of hydroxylamine groups is 2. The molecule has 10 heteroatoms. The fourth-order valence-corrected chi connectivity index (χ4v) is 4.92. The van der Waals surface area contributed by atoms with Crippen molar-refractivity contribution in [1.29, 1.82) is 0 Å². The van der Waals surface area contributed by atoms with Crippen molar-refractivity contribution in [3.05, 3.63) is 60.2 Å². The number of benzene rings is 2. The zero-order chi connectivity index (χ0) is 27.4. The largest absolute Gasteiger partial charge is 0.533 e. The van der Waals surface area contributed by atoms with E-state index in [1.165, 1.54) is 9.96 Å². The minimum atomic E-state index is -0.945. The number of nitrogens with one attached hydrogen (secondary N) is 1. The first-order valence-electron chi connectivity index (χ1n) is 12.8. The minimum absolute atomic E-state index is 0.130. The van der Waals surface area contributed by atoms with Gasteiger partial charge in [0.1, 0.15) is 17.8 Å². The normalized spacial score (nSPS) is 19.7. The molecule has 2 saturated heterocycles. The number of amides is 2. The molecule has 1 N–H and O–H groups in total. The van der Waals surface area contributed by atoms with Crippen molar-refractivity contribution in [3.8, 4) is 5.75 Å². The highest BCUT2D eigenvalue weighted by atomic mass is 16.8. The number of ketones is 1. The van der Waals surface area contributed by atoms with E-state index in [2.05, 4.69) is 5.32 Å². The third-order valence-electron chi connectivity index (χ3n) is 6.75. The molecule has 202 valence electrons. The highest BCUT2D eigenvalue weighted by Gasteiger charge is 2.52. The lowest BCUT2D eigenvalue weighted by molar-refractivity contribution is -0.138. The van der Waals surface area contributed by atoms with Gasteiger partial charge >= 0.3 is 6.16 Å². The van der Waals surface area contributed by atoms with Gasteiger partial charge < -0.3 is 24.7 Å². The molecule has 3 unspecified atom stereocenters. The van der Waals surface area contributed by atoms with Crippen molar-refractivity contribution in [2.45, 2.75) is 44.8 Å². The summed E-state index contributed by atoms with van der Waals surface area (Å²) in [5.41, 5.74) is 1.41. The van der Waals surface area contributed by atoms with Crippen molar-refractivity contribution >= 4 is 29.4 Å². The van der Waals surface area contributed by atoms with Crippen LogP contribution in [0, 0.1) is 5.92 Å². The van der Waals surface area contributed by atoms with E-state index >= 15 is 0 Å². The van der Waals surface area contributed by atoms with Crippen LogP contribution in [0.3, 0.4) is 0 Å². The topological polar surface area (TPSA) is 108 Å². The van der Waals surface area contributed by atoms with Crippen LogP contribution in [0.1, 0.15) is 37.0 Å². The minimum Gasteiger partial charge on any atom is -0.394 e. The molecule has 0 bridgehead atoms. The van der Waals surface area contributed by atoms with Gasteiger partial charge in [-0.2, -0.15) is 0 Å². The highest BCUT2D eigenvalue weighted by molar-refractivity contribution is 5.99. The Hall–Kier alpha value is -3.92. The van der Waals surface area contributed by atoms with Gasteiger partial charge in [0.15, 0.2) is 5.78 Å². The monoisotopic (exact) mass is 522 g/mol. The second kappa shape index (κ2) is 11.6. The molecule has 2 fully saturated rings. The van der Waals surface area contributed by atoms with Gasteiger partial charge in [-0.3, -0.25) is 14.4 Å². The third-order valence-corrected chi connectivity index (χ3v) is 6.75. The Balaban J connectivity index is 1.42. The van der Waals surface area contributed by atoms with Crippen molar-refractivity contribution in [1.82, 2.24) is 15.3 Å². The van der Waals surface area contributed by atoms with Gasteiger partial charge in [-0.25, -0.2) is 4.79 Å². The first-order chi connectivity index (χ1) is 18.1. The van der Waals surface area contributed by atoms with Gasteiger partial charge in [0.25, 0.3) is 5.91 Å². The van der Waals surface area contributed by atoms with Gasteiger partial charge in [0.05, 0.1) is 12.6 Å². The molecule has 0 spiro atoms. The van der Waals surface area contributed by atoms with Gasteiger partial charge in [-0.15, -0.1) is 5.06 Å². The Morgan fingerprint density at radius 3 is 2.37 bits per heavy atom. The number of Topliss-reactive ketones (excluding diaryl/α,β-unsaturated/α-hetero) is 1. The number of hydrogen-bond donors (Lipinski definition) is 1. The summed E-state index contributed by atoms with van der Waals surface area (Å²) in [7, 11) is 3.83. The average Bonchev–Trinajstić information content (AvgIpc) is 3.45. The molecule has 0 radical (unpaired) electrons. The predicted molar refractivity (Wildman–Crippen MR) is 141 cm³/mol. The van der Waals surface area contributed by atoms with E-state index in [4.69, 9.17) is 9.57 Å². The third kappa shape index (κ3) is 6.13. The van der Waals surface area contributed by atoms with E-state index < -0.39 is 24.3 Å². The molecular weight excluding hydrogens is 488 g/mol. The molecule has 0 aromatic heterocycles. The molecule has 2 aromatic carbocycles. The maximum Gasteiger partial charge on any atom is 0.533 e. The number of anilines is 1. The Morgan fingerprint density at radius 2 is 1.74 bits per heavy atom. The standard InChI is InChI=1S/C28H34N4O6/c1-18(2)16-22(29-26(34)19-10-12-20(13-11-19)30(3)4)27(35)31-15-14-23-25(31)24(33)17-32(23)38-28(36)37-21-8-6-5-7-9-21/h5-13,18,22-23,25H,14-17H2,1-4H3,(H,29,34). The summed E-state index contributed by atoms with van der Waals surface area (Å²) in [6.45, 7) is 4.12. The van der Waals surface area contributed by atoms with E-state index in [1.807, 2.05) is 45.0 Å². The zero-order valence-corrected chi connectivity index (χ0v) is 22.1. The number of rotatable bonds is 8. The molecule has 4 rings (SSSR count). The Bertz CT molecular complexity index is 1170. The van der Waals surface area contributed by atoms with E-state index in [0.717, 1.165) is 5.69 Å². The van der Waals surface area contributed by atoms with E-state index in [9.17, 15) is 19.2 Å².